The summed E-state index contributed by atoms with van der Waals surface area (Å²) in [6, 6.07) is 19.6. The lowest BCUT2D eigenvalue weighted by molar-refractivity contribution is -0.274. The number of hydrogen-bond donors (Lipinski definition) is 0. The molecule has 0 unspecified atom stereocenters. The van der Waals surface area contributed by atoms with Crippen LogP contribution in [-0.2, 0) is 11.3 Å². The van der Waals surface area contributed by atoms with Crippen molar-refractivity contribution in [2.24, 2.45) is 0 Å². The molecule has 0 heterocycles. The van der Waals surface area contributed by atoms with Crippen LogP contribution in [0.25, 0.3) is 0 Å². The average Bonchev–Trinajstić information content (AvgIpc) is 2.79. The van der Waals surface area contributed by atoms with Gasteiger partial charge in [-0.2, -0.15) is 0 Å². The molecule has 0 spiro atoms. The molecule has 3 aromatic rings. The summed E-state index contributed by atoms with van der Waals surface area (Å²) in [7, 11) is 0. The number of rotatable bonds is 9. The minimum absolute atomic E-state index is 0.0706. The van der Waals surface area contributed by atoms with Crippen molar-refractivity contribution < 1.29 is 36.9 Å². The normalized spacial score (nSPS) is 12.0. The molecule has 0 aliphatic rings. The highest BCUT2D eigenvalue weighted by Crippen LogP contribution is 2.33. The van der Waals surface area contributed by atoms with Crippen molar-refractivity contribution in [3.63, 3.8) is 0 Å². The van der Waals surface area contributed by atoms with Gasteiger partial charge in [-0.1, -0.05) is 42.5 Å². The first-order valence-electron chi connectivity index (χ1n) is 10.3. The second kappa shape index (κ2) is 10.8. The van der Waals surface area contributed by atoms with Crippen molar-refractivity contribution in [3.05, 3.63) is 89.5 Å². The molecule has 5 nitrogen and oxygen atoms in total. The van der Waals surface area contributed by atoms with Crippen LogP contribution in [0.3, 0.4) is 0 Å². The van der Waals surface area contributed by atoms with Crippen LogP contribution in [0.15, 0.2) is 72.8 Å². The zero-order valence-corrected chi connectivity index (χ0v) is 18.1. The first kappa shape index (κ1) is 24.0. The van der Waals surface area contributed by atoms with Crippen LogP contribution in [0.4, 0.5) is 13.2 Å². The van der Waals surface area contributed by atoms with Gasteiger partial charge in [0.05, 0.1) is 12.2 Å². The Kier molecular flexibility index (Phi) is 7.82. The minimum Gasteiger partial charge on any atom is -0.485 e. The Morgan fingerprint density at radius 2 is 1.64 bits per heavy atom. The van der Waals surface area contributed by atoms with Gasteiger partial charge < -0.3 is 18.9 Å². The van der Waals surface area contributed by atoms with Crippen LogP contribution < -0.4 is 14.2 Å². The molecule has 3 rings (SSSR count). The standard InChI is InChI=1S/C25H23F3O5/c1-3-30-24(29)20-11-14-22(23(15-20)32-17(2)19-7-5-4-6-8-19)31-16-18-9-12-21(13-10-18)33-25(26,27)28/h4-15,17H,3,16H2,1-2H3/t17-/m1/s1. The Balaban J connectivity index is 1.77. The van der Waals surface area contributed by atoms with Gasteiger partial charge in [0.15, 0.2) is 11.5 Å². The second-order valence-electron chi connectivity index (χ2n) is 7.03. The quantitative estimate of drug-likeness (QED) is 0.342. The lowest BCUT2D eigenvalue weighted by Gasteiger charge is -2.19. The predicted octanol–water partition coefficient (Wildman–Crippen LogP) is 6.48. The number of alkyl halides is 3. The van der Waals surface area contributed by atoms with Gasteiger partial charge >= 0.3 is 12.3 Å². The molecular weight excluding hydrogens is 437 g/mol. The fourth-order valence-corrected chi connectivity index (χ4v) is 2.99. The summed E-state index contributed by atoms with van der Waals surface area (Å²) in [4.78, 5) is 12.2. The molecule has 0 fully saturated rings. The number of carbonyl (C=O) groups excluding carboxylic acids is 1. The highest BCUT2D eigenvalue weighted by Gasteiger charge is 2.31. The van der Waals surface area contributed by atoms with Crippen molar-refractivity contribution in [3.8, 4) is 17.2 Å². The van der Waals surface area contributed by atoms with Gasteiger partial charge in [0.2, 0.25) is 0 Å². The number of carbonyl (C=O) groups is 1. The molecule has 3 aromatic carbocycles. The monoisotopic (exact) mass is 460 g/mol. The maximum Gasteiger partial charge on any atom is 0.573 e. The third kappa shape index (κ3) is 7.17. The summed E-state index contributed by atoms with van der Waals surface area (Å²) in [5.41, 5.74) is 1.87. The van der Waals surface area contributed by atoms with Crippen molar-refractivity contribution >= 4 is 5.97 Å². The van der Waals surface area contributed by atoms with Gasteiger partial charge in [0.1, 0.15) is 18.5 Å². The van der Waals surface area contributed by atoms with E-state index in [1.807, 2.05) is 37.3 Å². The summed E-state index contributed by atoms with van der Waals surface area (Å²) in [5, 5.41) is 0. The summed E-state index contributed by atoms with van der Waals surface area (Å²) >= 11 is 0. The van der Waals surface area contributed by atoms with Crippen LogP contribution in [-0.4, -0.2) is 18.9 Å². The van der Waals surface area contributed by atoms with E-state index in [4.69, 9.17) is 14.2 Å². The first-order chi connectivity index (χ1) is 15.7. The Labute approximate surface area is 189 Å². The number of ether oxygens (including phenoxy) is 4. The topological polar surface area (TPSA) is 54.0 Å². The molecule has 0 aliphatic heterocycles. The Morgan fingerprint density at radius 3 is 2.27 bits per heavy atom. The van der Waals surface area contributed by atoms with E-state index in [2.05, 4.69) is 4.74 Å². The van der Waals surface area contributed by atoms with E-state index in [0.717, 1.165) is 5.56 Å². The van der Waals surface area contributed by atoms with Crippen LogP contribution in [0.2, 0.25) is 0 Å². The molecule has 0 aromatic heterocycles. The number of hydrogen-bond acceptors (Lipinski definition) is 5. The van der Waals surface area contributed by atoms with Gasteiger partial charge in [-0.15, -0.1) is 13.2 Å². The van der Waals surface area contributed by atoms with Crippen molar-refractivity contribution in [1.82, 2.24) is 0 Å². The molecular formula is C25H23F3O5. The zero-order valence-electron chi connectivity index (χ0n) is 18.1. The third-order valence-electron chi connectivity index (χ3n) is 4.58. The molecule has 0 N–H and O–H groups in total. The van der Waals surface area contributed by atoms with E-state index in [0.29, 0.717) is 22.6 Å². The Hall–Kier alpha value is -3.68. The smallest absolute Gasteiger partial charge is 0.485 e. The van der Waals surface area contributed by atoms with E-state index >= 15 is 0 Å². The van der Waals surface area contributed by atoms with Crippen molar-refractivity contribution in [1.29, 1.82) is 0 Å². The maximum absolute atomic E-state index is 12.3. The van der Waals surface area contributed by atoms with Crippen molar-refractivity contribution in [2.45, 2.75) is 32.9 Å². The van der Waals surface area contributed by atoms with Gasteiger partial charge in [-0.3, -0.25) is 0 Å². The summed E-state index contributed by atoms with van der Waals surface area (Å²) in [6.07, 6.45) is -5.08. The number of halogens is 3. The first-order valence-corrected chi connectivity index (χ1v) is 10.3. The Bertz CT molecular complexity index is 1050. The minimum atomic E-state index is -4.75. The van der Waals surface area contributed by atoms with Crippen LogP contribution in [0.1, 0.15) is 41.4 Å². The van der Waals surface area contributed by atoms with Gasteiger partial charge in [-0.05, 0) is 55.3 Å². The van der Waals surface area contributed by atoms with Gasteiger partial charge in [0, 0.05) is 0 Å². The maximum atomic E-state index is 12.3. The zero-order chi connectivity index (χ0) is 23.8. The van der Waals surface area contributed by atoms with E-state index in [9.17, 15) is 18.0 Å². The van der Waals surface area contributed by atoms with Gasteiger partial charge in [-0.25, -0.2) is 4.79 Å². The molecule has 1 atom stereocenters. The predicted molar refractivity (Wildman–Crippen MR) is 115 cm³/mol. The fourth-order valence-electron chi connectivity index (χ4n) is 2.99. The van der Waals surface area contributed by atoms with Crippen LogP contribution in [0.5, 0.6) is 17.2 Å². The van der Waals surface area contributed by atoms with Gasteiger partial charge in [0.25, 0.3) is 0 Å². The number of benzene rings is 3. The summed E-state index contributed by atoms with van der Waals surface area (Å²) in [6.45, 7) is 3.90. The molecule has 8 heteroatoms. The van der Waals surface area contributed by atoms with E-state index in [1.165, 1.54) is 24.3 Å². The summed E-state index contributed by atoms with van der Waals surface area (Å²) < 4.78 is 57.9. The molecule has 0 saturated heterocycles. The SMILES string of the molecule is CCOC(=O)c1ccc(OCc2ccc(OC(F)(F)F)cc2)c(O[C@H](C)c2ccccc2)c1. The molecule has 0 bridgehead atoms. The fraction of sp³-hybridized carbons (Fsp3) is 0.240. The molecule has 0 aliphatic carbocycles. The van der Waals surface area contributed by atoms with E-state index in [1.54, 1.807) is 25.1 Å². The van der Waals surface area contributed by atoms with Crippen molar-refractivity contribution in [2.75, 3.05) is 6.61 Å². The second-order valence-corrected chi connectivity index (χ2v) is 7.03. The van der Waals surface area contributed by atoms with Crippen LogP contribution in [0, 0.1) is 0 Å². The molecule has 33 heavy (non-hydrogen) atoms. The molecule has 0 amide bonds. The van der Waals surface area contributed by atoms with Crippen LogP contribution >= 0.6 is 0 Å². The third-order valence-corrected chi connectivity index (χ3v) is 4.58. The largest absolute Gasteiger partial charge is 0.573 e. The summed E-state index contributed by atoms with van der Waals surface area (Å²) in [5.74, 6) is -0.0809. The molecule has 174 valence electrons. The lowest BCUT2D eigenvalue weighted by Crippen LogP contribution is -2.17. The van der Waals surface area contributed by atoms with E-state index in [-0.39, 0.29) is 25.1 Å². The molecule has 0 saturated carbocycles. The highest BCUT2D eigenvalue weighted by atomic mass is 19.4. The lowest BCUT2D eigenvalue weighted by atomic mass is 10.1. The van der Waals surface area contributed by atoms with E-state index < -0.39 is 12.3 Å². The highest BCUT2D eigenvalue weighted by molar-refractivity contribution is 5.90. The Morgan fingerprint density at radius 1 is 0.939 bits per heavy atom. The number of esters is 1. The molecule has 0 radical (unpaired) electrons. The average molecular weight is 460 g/mol.